The molecule has 3 N–H and O–H groups in total. The third kappa shape index (κ3) is 3.52. The van der Waals surface area contributed by atoms with Crippen molar-refractivity contribution >= 4 is 5.71 Å². The predicted octanol–water partition coefficient (Wildman–Crippen LogP) is 2.23. The first kappa shape index (κ1) is 13.0. The molecule has 1 fully saturated rings. The van der Waals surface area contributed by atoms with Gasteiger partial charge in [0.1, 0.15) is 5.71 Å². The lowest BCUT2D eigenvalue weighted by Gasteiger charge is -2.27. The Morgan fingerprint density at radius 1 is 1.50 bits per heavy atom. The van der Waals surface area contributed by atoms with Crippen molar-refractivity contribution < 1.29 is 17.9 Å². The van der Waals surface area contributed by atoms with Crippen LogP contribution in [-0.4, -0.2) is 24.6 Å². The van der Waals surface area contributed by atoms with Crippen LogP contribution >= 0.6 is 0 Å². The summed E-state index contributed by atoms with van der Waals surface area (Å²) < 4.78 is 41.5. The summed E-state index contributed by atoms with van der Waals surface area (Å²) in [6.45, 7) is 2.50. The van der Waals surface area contributed by atoms with Crippen molar-refractivity contribution in [3.05, 3.63) is 11.8 Å². The Kier molecular flexibility index (Phi) is 3.96. The lowest BCUT2D eigenvalue weighted by Crippen LogP contribution is -2.31. The molecule has 3 nitrogen and oxygen atoms in total. The minimum atomic E-state index is -4.65. The molecule has 0 amide bonds. The summed E-state index contributed by atoms with van der Waals surface area (Å²) in [5, 5.41) is 6.80. The van der Waals surface area contributed by atoms with Crippen molar-refractivity contribution in [3.63, 3.8) is 0 Å². The quantitative estimate of drug-likeness (QED) is 0.722. The molecule has 0 aromatic carbocycles. The number of rotatable bonds is 2. The van der Waals surface area contributed by atoms with Gasteiger partial charge < -0.3 is 10.5 Å². The van der Waals surface area contributed by atoms with E-state index in [1.54, 1.807) is 0 Å². The predicted molar refractivity (Wildman–Crippen MR) is 54.2 cm³/mol. The first-order valence-electron chi connectivity index (χ1n) is 5.05. The molecule has 1 aliphatic rings. The number of alkyl halides is 3. The van der Waals surface area contributed by atoms with Gasteiger partial charge in [0.2, 0.25) is 0 Å². The molecule has 92 valence electrons. The average Bonchev–Trinajstić information content (AvgIpc) is 2.16. The van der Waals surface area contributed by atoms with Crippen LogP contribution in [0.2, 0.25) is 0 Å². The van der Waals surface area contributed by atoms with Gasteiger partial charge in [-0.2, -0.15) is 13.2 Å². The van der Waals surface area contributed by atoms with E-state index < -0.39 is 18.0 Å². The van der Waals surface area contributed by atoms with E-state index in [4.69, 9.17) is 15.9 Å². The van der Waals surface area contributed by atoms with E-state index in [-0.39, 0.29) is 5.70 Å². The number of nitrogens with one attached hydrogen (secondary N) is 1. The molecule has 0 aliphatic carbocycles. The Hall–Kier alpha value is -1.04. The molecular weight excluding hydrogens is 221 g/mol. The molecule has 16 heavy (non-hydrogen) atoms. The van der Waals surface area contributed by atoms with Gasteiger partial charge in [-0.3, -0.25) is 5.41 Å². The summed E-state index contributed by atoms with van der Waals surface area (Å²) in [5.41, 5.74) is 4.05. The highest BCUT2D eigenvalue weighted by Crippen LogP contribution is 2.24. The second-order valence-corrected chi connectivity index (χ2v) is 4.04. The maximum atomic E-state index is 12.1. The average molecular weight is 236 g/mol. The van der Waals surface area contributed by atoms with Crippen molar-refractivity contribution in [1.82, 2.24) is 0 Å². The molecule has 0 aromatic heterocycles. The van der Waals surface area contributed by atoms with Gasteiger partial charge in [-0.15, -0.1) is 0 Å². The van der Waals surface area contributed by atoms with Gasteiger partial charge in [-0.05, 0) is 24.8 Å². The number of hydrogen-bond donors (Lipinski definition) is 2. The Morgan fingerprint density at radius 3 is 2.62 bits per heavy atom. The standard InChI is InChI=1S/C10H15F3N2O/c1-6-2-3-16-8(4-6)7(14)5-9(15)10(11,12)13/h5-6,8,15H,2-4,14H2,1H3/b7-5-,15-9?. The van der Waals surface area contributed by atoms with Crippen LogP contribution in [0, 0.1) is 11.3 Å². The van der Waals surface area contributed by atoms with Gasteiger partial charge in [0.25, 0.3) is 0 Å². The Bertz CT molecular complexity index is 299. The molecule has 0 spiro atoms. The molecule has 1 rings (SSSR count). The van der Waals surface area contributed by atoms with Crippen molar-refractivity contribution in [1.29, 1.82) is 5.41 Å². The number of ether oxygens (including phenoxy) is 1. The van der Waals surface area contributed by atoms with Gasteiger partial charge >= 0.3 is 6.18 Å². The van der Waals surface area contributed by atoms with Crippen LogP contribution in [0.4, 0.5) is 13.2 Å². The highest BCUT2D eigenvalue weighted by molar-refractivity contribution is 5.97. The zero-order chi connectivity index (χ0) is 12.3. The Labute approximate surface area is 92.0 Å². The Balaban J connectivity index is 2.66. The molecule has 1 saturated heterocycles. The minimum Gasteiger partial charge on any atom is -0.400 e. The van der Waals surface area contributed by atoms with E-state index in [0.717, 1.165) is 6.42 Å². The van der Waals surface area contributed by atoms with E-state index in [0.29, 0.717) is 25.0 Å². The van der Waals surface area contributed by atoms with Crippen molar-refractivity contribution in [3.8, 4) is 0 Å². The molecule has 2 atom stereocenters. The topological polar surface area (TPSA) is 59.1 Å². The van der Waals surface area contributed by atoms with Crippen LogP contribution < -0.4 is 5.73 Å². The summed E-state index contributed by atoms with van der Waals surface area (Å²) in [5.74, 6) is 0.380. The highest BCUT2D eigenvalue weighted by atomic mass is 19.4. The molecule has 0 radical (unpaired) electrons. The van der Waals surface area contributed by atoms with E-state index in [1.807, 2.05) is 6.92 Å². The lowest BCUT2D eigenvalue weighted by atomic mass is 9.96. The monoisotopic (exact) mass is 236 g/mol. The zero-order valence-electron chi connectivity index (χ0n) is 8.97. The summed E-state index contributed by atoms with van der Waals surface area (Å²) >= 11 is 0. The molecule has 0 bridgehead atoms. The first-order chi connectivity index (χ1) is 7.30. The van der Waals surface area contributed by atoms with Crippen LogP contribution in [-0.2, 0) is 4.74 Å². The fourth-order valence-corrected chi connectivity index (χ4v) is 1.54. The van der Waals surface area contributed by atoms with Gasteiger partial charge in [0, 0.05) is 12.3 Å². The van der Waals surface area contributed by atoms with E-state index in [9.17, 15) is 13.2 Å². The van der Waals surface area contributed by atoms with Crippen molar-refractivity contribution in [2.24, 2.45) is 11.7 Å². The largest absolute Gasteiger partial charge is 0.432 e. The van der Waals surface area contributed by atoms with Crippen LogP contribution in [0.3, 0.4) is 0 Å². The van der Waals surface area contributed by atoms with Crippen molar-refractivity contribution in [2.75, 3.05) is 6.61 Å². The summed E-state index contributed by atoms with van der Waals surface area (Å²) in [4.78, 5) is 0. The second kappa shape index (κ2) is 4.86. The van der Waals surface area contributed by atoms with Crippen LogP contribution in [0.25, 0.3) is 0 Å². The number of hydrogen-bond acceptors (Lipinski definition) is 3. The minimum absolute atomic E-state index is 0.0196. The molecule has 1 aliphatic heterocycles. The summed E-state index contributed by atoms with van der Waals surface area (Å²) in [6.07, 6.45) is -3.01. The van der Waals surface area contributed by atoms with E-state index >= 15 is 0 Å². The van der Waals surface area contributed by atoms with Crippen molar-refractivity contribution in [2.45, 2.75) is 32.0 Å². The number of halogens is 3. The second-order valence-electron chi connectivity index (χ2n) is 4.04. The first-order valence-corrected chi connectivity index (χ1v) is 5.05. The third-order valence-electron chi connectivity index (χ3n) is 2.53. The van der Waals surface area contributed by atoms with E-state index in [2.05, 4.69) is 0 Å². The number of allylic oxidation sites excluding steroid dienone is 1. The van der Waals surface area contributed by atoms with E-state index in [1.165, 1.54) is 0 Å². The molecule has 2 unspecified atom stereocenters. The fourth-order valence-electron chi connectivity index (χ4n) is 1.54. The smallest absolute Gasteiger partial charge is 0.400 e. The number of nitrogens with two attached hydrogens (primary N) is 1. The Morgan fingerprint density at radius 2 is 2.12 bits per heavy atom. The molecule has 6 heteroatoms. The molecular formula is C10H15F3N2O. The lowest BCUT2D eigenvalue weighted by molar-refractivity contribution is -0.0585. The van der Waals surface area contributed by atoms with Gasteiger partial charge in [-0.1, -0.05) is 6.92 Å². The molecule has 1 heterocycles. The highest BCUT2D eigenvalue weighted by Gasteiger charge is 2.33. The SMILES string of the molecule is CC1CCOC(/C(N)=C/C(=N)C(F)(F)F)C1. The van der Waals surface area contributed by atoms with Gasteiger partial charge in [0.15, 0.2) is 0 Å². The summed E-state index contributed by atoms with van der Waals surface area (Å²) in [6, 6.07) is 0. The van der Waals surface area contributed by atoms with Crippen LogP contribution in [0.1, 0.15) is 19.8 Å². The van der Waals surface area contributed by atoms with Crippen LogP contribution in [0.5, 0.6) is 0 Å². The van der Waals surface area contributed by atoms with Gasteiger partial charge in [-0.25, -0.2) is 0 Å². The normalized spacial score (nSPS) is 27.9. The molecule has 0 aromatic rings. The fraction of sp³-hybridized carbons (Fsp3) is 0.700. The summed E-state index contributed by atoms with van der Waals surface area (Å²) in [7, 11) is 0. The molecule has 0 saturated carbocycles. The zero-order valence-corrected chi connectivity index (χ0v) is 8.97. The maximum absolute atomic E-state index is 12.1. The van der Waals surface area contributed by atoms with Gasteiger partial charge in [0.05, 0.1) is 6.10 Å². The maximum Gasteiger partial charge on any atom is 0.432 e. The third-order valence-corrected chi connectivity index (χ3v) is 2.53. The van der Waals surface area contributed by atoms with Crippen LogP contribution in [0.15, 0.2) is 11.8 Å².